The molecule has 1 amide bonds. The number of amides is 1. The first-order valence-electron chi connectivity index (χ1n) is 8.71. The first-order valence-corrected chi connectivity index (χ1v) is 8.71. The van der Waals surface area contributed by atoms with Crippen molar-refractivity contribution >= 4 is 11.6 Å². The van der Waals surface area contributed by atoms with Gasteiger partial charge in [-0.2, -0.15) is 5.10 Å². The number of carbonyl (C=O) groups excluding carboxylic acids is 1. The summed E-state index contributed by atoms with van der Waals surface area (Å²) in [7, 11) is 1.93. The van der Waals surface area contributed by atoms with Crippen LogP contribution in [0.25, 0.3) is 0 Å². The highest BCUT2D eigenvalue weighted by molar-refractivity contribution is 5.95. The molecule has 1 atom stereocenters. The minimum atomic E-state index is 0.0498. The van der Waals surface area contributed by atoms with Gasteiger partial charge in [-0.1, -0.05) is 6.07 Å². The Morgan fingerprint density at radius 3 is 2.75 bits per heavy atom. The molecule has 1 aromatic carbocycles. The van der Waals surface area contributed by atoms with Gasteiger partial charge < -0.3 is 10.1 Å². The fourth-order valence-corrected chi connectivity index (χ4v) is 3.85. The normalized spacial score (nSPS) is 20.8. The highest BCUT2D eigenvalue weighted by Crippen LogP contribution is 2.40. The standard InChI is InChI=1S/C19H23N3O2/c1-12-17(11-20-22(12)2)16-10-19(23)21-18-9-14(7-8-15(16)18)24-13-5-3-4-6-13/h7-9,11,13,16H,3-6,10H2,1-2H3,(H,21,23). The fourth-order valence-electron chi connectivity index (χ4n) is 3.85. The summed E-state index contributed by atoms with van der Waals surface area (Å²) >= 11 is 0. The maximum absolute atomic E-state index is 12.2. The molecule has 1 aliphatic heterocycles. The Hall–Kier alpha value is -2.30. The molecule has 2 aliphatic rings. The molecule has 1 unspecified atom stereocenters. The molecule has 5 heteroatoms. The van der Waals surface area contributed by atoms with E-state index in [9.17, 15) is 4.79 Å². The molecule has 2 heterocycles. The van der Waals surface area contributed by atoms with E-state index in [1.54, 1.807) is 0 Å². The van der Waals surface area contributed by atoms with E-state index in [0.717, 1.165) is 41.1 Å². The van der Waals surface area contributed by atoms with Gasteiger partial charge in [0.1, 0.15) is 5.75 Å². The highest BCUT2D eigenvalue weighted by atomic mass is 16.5. The number of anilines is 1. The van der Waals surface area contributed by atoms with Crippen LogP contribution in [0.1, 0.15) is 54.8 Å². The number of fused-ring (bicyclic) bond motifs is 1. The molecule has 1 fully saturated rings. The number of carbonyl (C=O) groups is 1. The summed E-state index contributed by atoms with van der Waals surface area (Å²) in [6.45, 7) is 2.05. The van der Waals surface area contributed by atoms with Crippen LogP contribution >= 0.6 is 0 Å². The summed E-state index contributed by atoms with van der Waals surface area (Å²) in [5, 5.41) is 7.34. The van der Waals surface area contributed by atoms with Crippen LogP contribution in [-0.4, -0.2) is 21.8 Å². The van der Waals surface area contributed by atoms with Crippen molar-refractivity contribution in [2.24, 2.45) is 7.05 Å². The third-order valence-electron chi connectivity index (χ3n) is 5.32. The highest BCUT2D eigenvalue weighted by Gasteiger charge is 2.29. The van der Waals surface area contributed by atoms with Crippen LogP contribution in [0.2, 0.25) is 0 Å². The van der Waals surface area contributed by atoms with Crippen molar-refractivity contribution in [1.82, 2.24) is 9.78 Å². The van der Waals surface area contributed by atoms with Gasteiger partial charge in [0.25, 0.3) is 0 Å². The average Bonchev–Trinajstić information content (AvgIpc) is 3.17. The van der Waals surface area contributed by atoms with E-state index in [1.807, 2.05) is 37.0 Å². The van der Waals surface area contributed by atoms with Crippen molar-refractivity contribution in [1.29, 1.82) is 0 Å². The monoisotopic (exact) mass is 325 g/mol. The molecule has 4 rings (SSSR count). The minimum absolute atomic E-state index is 0.0498. The third-order valence-corrected chi connectivity index (χ3v) is 5.32. The Bertz CT molecular complexity index is 775. The van der Waals surface area contributed by atoms with E-state index in [4.69, 9.17) is 4.74 Å². The van der Waals surface area contributed by atoms with Crippen molar-refractivity contribution in [2.75, 3.05) is 5.32 Å². The topological polar surface area (TPSA) is 56.1 Å². The van der Waals surface area contributed by atoms with E-state index in [-0.39, 0.29) is 11.8 Å². The van der Waals surface area contributed by atoms with Crippen LogP contribution in [0.5, 0.6) is 5.75 Å². The van der Waals surface area contributed by atoms with Crippen molar-refractivity contribution in [2.45, 2.75) is 51.0 Å². The first-order chi connectivity index (χ1) is 11.6. The molecule has 1 aliphatic carbocycles. The average molecular weight is 325 g/mol. The number of nitrogens with zero attached hydrogens (tertiary/aromatic N) is 2. The third kappa shape index (κ3) is 2.68. The lowest BCUT2D eigenvalue weighted by atomic mass is 9.85. The van der Waals surface area contributed by atoms with Gasteiger partial charge in [-0.25, -0.2) is 0 Å². The van der Waals surface area contributed by atoms with Gasteiger partial charge in [-0.15, -0.1) is 0 Å². The van der Waals surface area contributed by atoms with Crippen molar-refractivity contribution in [3.8, 4) is 5.75 Å². The van der Waals surface area contributed by atoms with Gasteiger partial charge in [0.05, 0.1) is 12.3 Å². The predicted octanol–water partition coefficient (Wildman–Crippen LogP) is 3.52. The summed E-state index contributed by atoms with van der Waals surface area (Å²) in [5.74, 6) is 0.959. The van der Waals surface area contributed by atoms with E-state index < -0.39 is 0 Å². The zero-order valence-corrected chi connectivity index (χ0v) is 14.2. The number of nitrogens with one attached hydrogen (secondary N) is 1. The van der Waals surface area contributed by atoms with Crippen LogP contribution in [0.15, 0.2) is 24.4 Å². The Morgan fingerprint density at radius 2 is 2.04 bits per heavy atom. The maximum atomic E-state index is 12.2. The number of hydrogen-bond donors (Lipinski definition) is 1. The van der Waals surface area contributed by atoms with Gasteiger partial charge in [0.2, 0.25) is 5.91 Å². The second-order valence-electron chi connectivity index (χ2n) is 6.89. The smallest absolute Gasteiger partial charge is 0.225 e. The lowest BCUT2D eigenvalue weighted by Crippen LogP contribution is -2.24. The molecular weight excluding hydrogens is 302 g/mol. The Labute approximate surface area is 142 Å². The van der Waals surface area contributed by atoms with Gasteiger partial charge in [-0.3, -0.25) is 9.48 Å². The second-order valence-corrected chi connectivity index (χ2v) is 6.89. The molecule has 0 saturated heterocycles. The SMILES string of the molecule is Cc1c(C2CC(=O)Nc3cc(OC4CCCC4)ccc32)cnn1C. The van der Waals surface area contributed by atoms with Gasteiger partial charge in [0.15, 0.2) is 0 Å². The van der Waals surface area contributed by atoms with E-state index in [2.05, 4.69) is 16.5 Å². The van der Waals surface area contributed by atoms with Crippen molar-refractivity contribution in [3.05, 3.63) is 41.2 Å². The molecule has 24 heavy (non-hydrogen) atoms. The molecule has 1 N–H and O–H groups in total. The molecule has 0 radical (unpaired) electrons. The predicted molar refractivity (Wildman–Crippen MR) is 92.4 cm³/mol. The summed E-state index contributed by atoms with van der Waals surface area (Å²) in [6.07, 6.45) is 7.40. The summed E-state index contributed by atoms with van der Waals surface area (Å²) in [6, 6.07) is 6.10. The Balaban J connectivity index is 1.66. The molecule has 0 spiro atoms. The van der Waals surface area contributed by atoms with E-state index in [0.29, 0.717) is 12.5 Å². The molecular formula is C19H23N3O2. The van der Waals surface area contributed by atoms with Crippen LogP contribution < -0.4 is 10.1 Å². The lowest BCUT2D eigenvalue weighted by molar-refractivity contribution is -0.116. The van der Waals surface area contributed by atoms with Gasteiger partial charge in [0, 0.05) is 42.4 Å². The number of rotatable bonds is 3. The quantitative estimate of drug-likeness (QED) is 0.939. The van der Waals surface area contributed by atoms with Gasteiger partial charge >= 0.3 is 0 Å². The first kappa shape index (κ1) is 15.2. The minimum Gasteiger partial charge on any atom is -0.490 e. The van der Waals surface area contributed by atoms with Crippen LogP contribution in [-0.2, 0) is 11.8 Å². The number of hydrogen-bond acceptors (Lipinski definition) is 3. The van der Waals surface area contributed by atoms with E-state index in [1.165, 1.54) is 12.8 Å². The molecule has 5 nitrogen and oxygen atoms in total. The molecule has 2 aromatic rings. The van der Waals surface area contributed by atoms with Crippen molar-refractivity contribution < 1.29 is 9.53 Å². The molecule has 126 valence electrons. The molecule has 1 saturated carbocycles. The largest absolute Gasteiger partial charge is 0.490 e. The zero-order chi connectivity index (χ0) is 16.7. The number of aromatic nitrogens is 2. The van der Waals surface area contributed by atoms with Crippen LogP contribution in [0.3, 0.4) is 0 Å². The summed E-state index contributed by atoms with van der Waals surface area (Å²) in [5.41, 5.74) is 4.24. The number of benzene rings is 1. The van der Waals surface area contributed by atoms with E-state index >= 15 is 0 Å². The van der Waals surface area contributed by atoms with Crippen LogP contribution in [0.4, 0.5) is 5.69 Å². The maximum Gasteiger partial charge on any atom is 0.225 e. The van der Waals surface area contributed by atoms with Gasteiger partial charge in [-0.05, 0) is 44.2 Å². The number of ether oxygens (including phenoxy) is 1. The molecule has 1 aromatic heterocycles. The molecule has 0 bridgehead atoms. The summed E-state index contributed by atoms with van der Waals surface area (Å²) in [4.78, 5) is 12.2. The Morgan fingerprint density at radius 1 is 1.25 bits per heavy atom. The summed E-state index contributed by atoms with van der Waals surface area (Å²) < 4.78 is 7.94. The fraction of sp³-hybridized carbons (Fsp3) is 0.474. The zero-order valence-electron chi connectivity index (χ0n) is 14.2. The Kier molecular flexibility index (Phi) is 3.79. The number of aryl methyl sites for hydroxylation is 1. The lowest BCUT2D eigenvalue weighted by Gasteiger charge is -2.26. The van der Waals surface area contributed by atoms with Crippen LogP contribution in [0, 0.1) is 6.92 Å². The van der Waals surface area contributed by atoms with Crippen molar-refractivity contribution in [3.63, 3.8) is 0 Å². The second kappa shape index (κ2) is 5.96.